The maximum Gasteiger partial charge on any atom is 0.181 e. The van der Waals surface area contributed by atoms with Gasteiger partial charge in [-0.05, 0) is 42.1 Å². The first-order valence-electron chi connectivity index (χ1n) is 8.80. The van der Waals surface area contributed by atoms with Crippen LogP contribution in [0.1, 0.15) is 19.8 Å². The van der Waals surface area contributed by atoms with Crippen molar-refractivity contribution in [3.8, 4) is 22.9 Å². The highest BCUT2D eigenvalue weighted by molar-refractivity contribution is 7.80. The zero-order valence-corrected chi connectivity index (χ0v) is 16.0. The summed E-state index contributed by atoms with van der Waals surface area (Å²) in [6.07, 6.45) is 5.12. The molecule has 27 heavy (non-hydrogen) atoms. The van der Waals surface area contributed by atoms with Gasteiger partial charge in [0.05, 0.1) is 13.3 Å². The molecule has 0 aliphatic carbocycles. The van der Waals surface area contributed by atoms with Crippen LogP contribution in [0.2, 0.25) is 0 Å². The summed E-state index contributed by atoms with van der Waals surface area (Å²) >= 11 is 4.49. The summed E-state index contributed by atoms with van der Waals surface area (Å²) in [6.45, 7) is 2.11. The van der Waals surface area contributed by atoms with Crippen molar-refractivity contribution < 1.29 is 9.47 Å². The molecule has 4 rings (SSSR count). The van der Waals surface area contributed by atoms with Crippen LogP contribution < -0.4 is 9.47 Å². The second-order valence-corrected chi connectivity index (χ2v) is 6.84. The third-order valence-electron chi connectivity index (χ3n) is 4.35. The SMILES string of the molecule is CCCC(S)Oc1ccc2c(OC)cc(-c3nc4ncncc4[nH]3)cc2c1. The number of methoxy groups -OCH3 is 1. The fraction of sp³-hybridized carbons (Fsp3) is 0.250. The highest BCUT2D eigenvalue weighted by atomic mass is 32.1. The third kappa shape index (κ3) is 3.55. The summed E-state index contributed by atoms with van der Waals surface area (Å²) in [6, 6.07) is 9.97. The van der Waals surface area contributed by atoms with Gasteiger partial charge in [-0.1, -0.05) is 13.3 Å². The zero-order valence-electron chi connectivity index (χ0n) is 15.1. The van der Waals surface area contributed by atoms with Gasteiger partial charge in [-0.2, -0.15) is 0 Å². The van der Waals surface area contributed by atoms with Gasteiger partial charge >= 0.3 is 0 Å². The van der Waals surface area contributed by atoms with Crippen molar-refractivity contribution in [2.24, 2.45) is 0 Å². The van der Waals surface area contributed by atoms with Gasteiger partial charge < -0.3 is 14.5 Å². The zero-order chi connectivity index (χ0) is 18.8. The maximum absolute atomic E-state index is 5.91. The molecule has 2 aromatic heterocycles. The van der Waals surface area contributed by atoms with Gasteiger partial charge in [0, 0.05) is 10.9 Å². The van der Waals surface area contributed by atoms with Crippen molar-refractivity contribution in [2.75, 3.05) is 7.11 Å². The van der Waals surface area contributed by atoms with E-state index in [4.69, 9.17) is 9.47 Å². The van der Waals surface area contributed by atoms with Gasteiger partial charge in [0.15, 0.2) is 5.65 Å². The van der Waals surface area contributed by atoms with Gasteiger partial charge in [-0.25, -0.2) is 15.0 Å². The maximum atomic E-state index is 5.91. The molecule has 0 aliphatic rings. The number of imidazole rings is 1. The lowest BCUT2D eigenvalue weighted by molar-refractivity contribution is 0.278. The van der Waals surface area contributed by atoms with Crippen molar-refractivity contribution in [2.45, 2.75) is 25.2 Å². The Hall–Kier alpha value is -2.80. The monoisotopic (exact) mass is 380 g/mol. The molecule has 2 aromatic carbocycles. The number of hydrogen-bond acceptors (Lipinski definition) is 6. The molecule has 0 radical (unpaired) electrons. The van der Waals surface area contributed by atoms with Crippen molar-refractivity contribution in [1.82, 2.24) is 19.9 Å². The molecule has 1 unspecified atom stereocenters. The molecule has 0 aliphatic heterocycles. The van der Waals surface area contributed by atoms with Crippen LogP contribution in [0.4, 0.5) is 0 Å². The lowest BCUT2D eigenvalue weighted by atomic mass is 10.0. The first-order chi connectivity index (χ1) is 13.2. The van der Waals surface area contributed by atoms with Crippen molar-refractivity contribution in [1.29, 1.82) is 0 Å². The molecule has 0 spiro atoms. The van der Waals surface area contributed by atoms with Gasteiger partial charge in [-0.3, -0.25) is 0 Å². The fourth-order valence-corrected chi connectivity index (χ4v) is 3.43. The van der Waals surface area contributed by atoms with E-state index in [0.717, 1.165) is 52.0 Å². The number of nitrogens with zero attached hydrogens (tertiary/aromatic N) is 3. The van der Waals surface area contributed by atoms with Crippen LogP contribution in [0, 0.1) is 0 Å². The number of aromatic amines is 1. The third-order valence-corrected chi connectivity index (χ3v) is 4.71. The Balaban J connectivity index is 1.78. The predicted octanol–water partition coefficient (Wildman–Crippen LogP) is 4.62. The highest BCUT2D eigenvalue weighted by Crippen LogP contribution is 2.34. The van der Waals surface area contributed by atoms with E-state index in [1.165, 1.54) is 6.33 Å². The summed E-state index contributed by atoms with van der Waals surface area (Å²) in [5.74, 6) is 2.28. The van der Waals surface area contributed by atoms with E-state index in [1.807, 2.05) is 24.3 Å². The minimum absolute atomic E-state index is 0.119. The second-order valence-electron chi connectivity index (χ2n) is 6.27. The number of hydrogen-bond donors (Lipinski definition) is 2. The Morgan fingerprint density at radius 1 is 1.22 bits per heavy atom. The molecular weight excluding hydrogens is 360 g/mol. The number of rotatable bonds is 6. The van der Waals surface area contributed by atoms with Crippen LogP contribution >= 0.6 is 12.6 Å². The number of thiol groups is 1. The van der Waals surface area contributed by atoms with Crippen molar-refractivity contribution >= 4 is 34.6 Å². The normalized spacial score (nSPS) is 12.4. The largest absolute Gasteiger partial charge is 0.496 e. The summed E-state index contributed by atoms with van der Waals surface area (Å²) in [4.78, 5) is 16.0. The smallest absolute Gasteiger partial charge is 0.181 e. The number of nitrogens with one attached hydrogen (secondary N) is 1. The first kappa shape index (κ1) is 17.6. The molecule has 0 bridgehead atoms. The second kappa shape index (κ2) is 7.44. The summed E-state index contributed by atoms with van der Waals surface area (Å²) in [5, 5.41) is 2.01. The quantitative estimate of drug-likeness (QED) is 0.377. The average molecular weight is 380 g/mol. The summed E-state index contributed by atoms with van der Waals surface area (Å²) in [5.41, 5.74) is 2.21. The molecule has 2 heterocycles. The number of aromatic nitrogens is 4. The lowest BCUT2D eigenvalue weighted by Gasteiger charge is -2.14. The number of ether oxygens (including phenoxy) is 2. The standard InChI is InChI=1S/C20H20N4O2S/c1-3-4-18(27)26-14-5-6-15-12(8-14)7-13(9-17(15)25-2)19-23-16-10-21-11-22-20(16)24-19/h5-11,18,27H,3-4H2,1-2H3,(H,21,22,23,24). The Bertz CT molecular complexity index is 1060. The molecule has 1 N–H and O–H groups in total. The number of fused-ring (bicyclic) bond motifs is 2. The average Bonchev–Trinajstić information content (AvgIpc) is 3.11. The van der Waals surface area contributed by atoms with Crippen molar-refractivity contribution in [3.05, 3.63) is 42.9 Å². The molecule has 1 atom stereocenters. The van der Waals surface area contributed by atoms with Crippen molar-refractivity contribution in [3.63, 3.8) is 0 Å². The Labute approximate surface area is 162 Å². The molecule has 0 amide bonds. The molecule has 138 valence electrons. The van der Waals surface area contributed by atoms with Crippen LogP contribution in [0.15, 0.2) is 42.9 Å². The molecule has 0 saturated carbocycles. The van der Waals surface area contributed by atoms with Gasteiger partial charge in [0.25, 0.3) is 0 Å². The van der Waals surface area contributed by atoms with Crippen LogP contribution in [0.25, 0.3) is 33.3 Å². The summed E-state index contributed by atoms with van der Waals surface area (Å²) in [7, 11) is 1.66. The molecule has 7 heteroatoms. The van der Waals surface area contributed by atoms with E-state index in [1.54, 1.807) is 13.3 Å². The number of H-pyrrole nitrogens is 1. The van der Waals surface area contributed by atoms with E-state index < -0.39 is 0 Å². The molecule has 0 saturated heterocycles. The predicted molar refractivity (Wildman–Crippen MR) is 109 cm³/mol. The molecule has 0 fully saturated rings. The Kier molecular flexibility index (Phi) is 4.85. The van der Waals surface area contributed by atoms with E-state index in [9.17, 15) is 0 Å². The molecule has 6 nitrogen and oxygen atoms in total. The van der Waals surface area contributed by atoms with E-state index in [-0.39, 0.29) is 5.44 Å². The Morgan fingerprint density at radius 2 is 2.11 bits per heavy atom. The van der Waals surface area contributed by atoms with Crippen LogP contribution in [0.3, 0.4) is 0 Å². The lowest BCUT2D eigenvalue weighted by Crippen LogP contribution is -2.07. The topological polar surface area (TPSA) is 72.9 Å². The van der Waals surface area contributed by atoms with E-state index in [0.29, 0.717) is 5.65 Å². The van der Waals surface area contributed by atoms with Gasteiger partial charge in [-0.15, -0.1) is 12.6 Å². The summed E-state index contributed by atoms with van der Waals surface area (Å²) < 4.78 is 11.5. The first-order valence-corrected chi connectivity index (χ1v) is 9.32. The Morgan fingerprint density at radius 3 is 2.89 bits per heavy atom. The van der Waals surface area contributed by atoms with E-state index >= 15 is 0 Å². The van der Waals surface area contributed by atoms with E-state index in [2.05, 4.69) is 45.6 Å². The fourth-order valence-electron chi connectivity index (χ4n) is 3.05. The van der Waals surface area contributed by atoms with Crippen LogP contribution in [-0.2, 0) is 0 Å². The highest BCUT2D eigenvalue weighted by Gasteiger charge is 2.12. The van der Waals surface area contributed by atoms with Gasteiger partial charge in [0.2, 0.25) is 0 Å². The minimum Gasteiger partial charge on any atom is -0.496 e. The number of benzene rings is 2. The molecular formula is C20H20N4O2S. The minimum atomic E-state index is -0.119. The van der Waals surface area contributed by atoms with Crippen LogP contribution in [0.5, 0.6) is 11.5 Å². The van der Waals surface area contributed by atoms with Gasteiger partial charge in [0.1, 0.15) is 34.6 Å². The van der Waals surface area contributed by atoms with Crippen LogP contribution in [-0.4, -0.2) is 32.5 Å². The molecule has 4 aromatic rings.